The van der Waals surface area contributed by atoms with Crippen molar-refractivity contribution >= 4 is 35.1 Å². The number of benzene rings is 1. The van der Waals surface area contributed by atoms with Crippen molar-refractivity contribution in [1.29, 1.82) is 0 Å². The van der Waals surface area contributed by atoms with E-state index in [1.54, 1.807) is 25.1 Å². The average molecular weight is 330 g/mol. The van der Waals surface area contributed by atoms with Crippen LogP contribution in [0.1, 0.15) is 37.7 Å². The van der Waals surface area contributed by atoms with E-state index in [1.165, 1.54) is 4.90 Å². The average Bonchev–Trinajstić information content (AvgIpc) is 2.48. The quantitative estimate of drug-likeness (QED) is 0.922. The van der Waals surface area contributed by atoms with Crippen molar-refractivity contribution in [3.05, 3.63) is 33.8 Å². The molecule has 1 amide bonds. The summed E-state index contributed by atoms with van der Waals surface area (Å²) in [7, 11) is 0. The Hall–Kier alpha value is -1.26. The first kappa shape index (κ1) is 16.1. The number of piperidine rings is 1. The monoisotopic (exact) mass is 329 g/mol. The third-order valence-corrected chi connectivity index (χ3v) is 4.62. The molecule has 21 heavy (non-hydrogen) atoms. The summed E-state index contributed by atoms with van der Waals surface area (Å²) in [4.78, 5) is 25.4. The highest BCUT2D eigenvalue weighted by Gasteiger charge is 2.34. The number of nitrogens with zero attached hydrogens (tertiary/aromatic N) is 1. The van der Waals surface area contributed by atoms with Crippen molar-refractivity contribution in [2.75, 3.05) is 6.54 Å². The van der Waals surface area contributed by atoms with Crippen LogP contribution in [0.5, 0.6) is 0 Å². The van der Waals surface area contributed by atoms with E-state index in [2.05, 4.69) is 0 Å². The standard InChI is InChI=1S/C15H17Cl2NO3/c1-9(10-5-6-11(16)12(17)8-10)14(19)18-7-3-2-4-13(18)15(20)21/h5-6,8-9,13H,2-4,7H2,1H3,(H,20,21). The number of hydrogen-bond donors (Lipinski definition) is 1. The van der Waals surface area contributed by atoms with Gasteiger partial charge in [-0.2, -0.15) is 0 Å². The molecule has 1 aromatic carbocycles. The predicted octanol–water partition coefficient (Wildman–Crippen LogP) is 3.56. The van der Waals surface area contributed by atoms with E-state index < -0.39 is 17.9 Å². The zero-order valence-corrected chi connectivity index (χ0v) is 13.2. The smallest absolute Gasteiger partial charge is 0.326 e. The summed E-state index contributed by atoms with van der Waals surface area (Å²) in [6.07, 6.45) is 2.18. The highest BCUT2D eigenvalue weighted by Crippen LogP contribution is 2.29. The zero-order chi connectivity index (χ0) is 15.6. The van der Waals surface area contributed by atoms with Crippen LogP contribution in [0.15, 0.2) is 18.2 Å². The molecular weight excluding hydrogens is 313 g/mol. The van der Waals surface area contributed by atoms with E-state index in [9.17, 15) is 14.7 Å². The van der Waals surface area contributed by atoms with Crippen molar-refractivity contribution < 1.29 is 14.7 Å². The van der Waals surface area contributed by atoms with E-state index in [1.807, 2.05) is 0 Å². The Kier molecular flexibility index (Phi) is 5.12. The third kappa shape index (κ3) is 3.50. The SMILES string of the molecule is CC(C(=O)N1CCCCC1C(=O)O)c1ccc(Cl)c(Cl)c1. The van der Waals surface area contributed by atoms with Crippen LogP contribution in [-0.4, -0.2) is 34.5 Å². The molecule has 1 aliphatic heterocycles. The first-order valence-corrected chi connectivity index (χ1v) is 7.65. The van der Waals surface area contributed by atoms with Gasteiger partial charge in [-0.3, -0.25) is 4.79 Å². The topological polar surface area (TPSA) is 57.6 Å². The summed E-state index contributed by atoms with van der Waals surface area (Å²) in [5.41, 5.74) is 0.740. The number of hydrogen-bond acceptors (Lipinski definition) is 2. The highest BCUT2D eigenvalue weighted by atomic mass is 35.5. The molecule has 1 heterocycles. The Bertz CT molecular complexity index is 562. The second kappa shape index (κ2) is 6.67. The minimum Gasteiger partial charge on any atom is -0.480 e. The molecule has 0 bridgehead atoms. The van der Waals surface area contributed by atoms with Crippen LogP contribution in [0.2, 0.25) is 10.0 Å². The number of likely N-dealkylation sites (tertiary alicyclic amines) is 1. The molecule has 1 aliphatic rings. The maximum atomic E-state index is 12.6. The Morgan fingerprint density at radius 1 is 1.29 bits per heavy atom. The van der Waals surface area contributed by atoms with Gasteiger partial charge in [-0.25, -0.2) is 4.79 Å². The van der Waals surface area contributed by atoms with Crippen molar-refractivity contribution in [1.82, 2.24) is 4.90 Å². The molecule has 1 fully saturated rings. The first-order chi connectivity index (χ1) is 9.91. The summed E-state index contributed by atoms with van der Waals surface area (Å²) in [6.45, 7) is 2.25. The number of aliphatic carboxylic acids is 1. The van der Waals surface area contributed by atoms with Crippen molar-refractivity contribution in [2.24, 2.45) is 0 Å². The summed E-state index contributed by atoms with van der Waals surface area (Å²) in [5, 5.41) is 10.1. The Balaban J connectivity index is 2.20. The maximum Gasteiger partial charge on any atom is 0.326 e. The minimum absolute atomic E-state index is 0.180. The fourth-order valence-corrected chi connectivity index (χ4v) is 2.93. The fourth-order valence-electron chi connectivity index (χ4n) is 2.63. The van der Waals surface area contributed by atoms with E-state index in [0.29, 0.717) is 23.0 Å². The lowest BCUT2D eigenvalue weighted by Crippen LogP contribution is -2.49. The van der Waals surface area contributed by atoms with Gasteiger partial charge in [0.05, 0.1) is 16.0 Å². The molecule has 2 unspecified atom stereocenters. The van der Waals surface area contributed by atoms with E-state index >= 15 is 0 Å². The Labute approximate surface area is 133 Å². The van der Waals surface area contributed by atoms with E-state index in [0.717, 1.165) is 18.4 Å². The zero-order valence-electron chi connectivity index (χ0n) is 11.7. The largest absolute Gasteiger partial charge is 0.480 e. The van der Waals surface area contributed by atoms with Crippen LogP contribution in [-0.2, 0) is 9.59 Å². The lowest BCUT2D eigenvalue weighted by molar-refractivity contribution is -0.152. The summed E-state index contributed by atoms with van der Waals surface area (Å²) in [6, 6.07) is 4.33. The number of carbonyl (C=O) groups is 2. The molecule has 0 saturated carbocycles. The molecule has 0 spiro atoms. The molecular formula is C15H17Cl2NO3. The highest BCUT2D eigenvalue weighted by molar-refractivity contribution is 6.42. The molecule has 0 aromatic heterocycles. The van der Waals surface area contributed by atoms with Crippen molar-refractivity contribution in [3.8, 4) is 0 Å². The van der Waals surface area contributed by atoms with Gasteiger partial charge in [-0.15, -0.1) is 0 Å². The van der Waals surface area contributed by atoms with Gasteiger partial charge in [0.15, 0.2) is 0 Å². The maximum absolute atomic E-state index is 12.6. The second-order valence-electron chi connectivity index (χ2n) is 5.28. The van der Waals surface area contributed by atoms with Crippen LogP contribution in [0, 0.1) is 0 Å². The Morgan fingerprint density at radius 2 is 2.00 bits per heavy atom. The molecule has 2 rings (SSSR count). The normalized spacial score (nSPS) is 20.1. The minimum atomic E-state index is -0.940. The fraction of sp³-hybridized carbons (Fsp3) is 0.467. The van der Waals surface area contributed by atoms with Gasteiger partial charge in [0.2, 0.25) is 5.91 Å². The molecule has 1 saturated heterocycles. The van der Waals surface area contributed by atoms with Crippen LogP contribution in [0.4, 0.5) is 0 Å². The number of amides is 1. The number of halogens is 2. The van der Waals surface area contributed by atoms with Crippen LogP contribution >= 0.6 is 23.2 Å². The summed E-state index contributed by atoms with van der Waals surface area (Å²) >= 11 is 11.8. The second-order valence-corrected chi connectivity index (χ2v) is 6.09. The number of carboxylic acids is 1. The molecule has 0 radical (unpaired) electrons. The van der Waals surface area contributed by atoms with E-state index in [-0.39, 0.29) is 5.91 Å². The predicted molar refractivity (Wildman–Crippen MR) is 81.9 cm³/mol. The summed E-state index contributed by atoms with van der Waals surface area (Å²) < 4.78 is 0. The van der Waals surface area contributed by atoms with Crippen molar-refractivity contribution in [3.63, 3.8) is 0 Å². The molecule has 4 nitrogen and oxygen atoms in total. The Morgan fingerprint density at radius 3 is 2.62 bits per heavy atom. The number of carboxylic acid groups (broad SMARTS) is 1. The van der Waals surface area contributed by atoms with Gasteiger partial charge in [-0.1, -0.05) is 29.3 Å². The molecule has 2 atom stereocenters. The van der Waals surface area contributed by atoms with Gasteiger partial charge in [-0.05, 0) is 43.9 Å². The molecule has 6 heteroatoms. The van der Waals surface area contributed by atoms with Gasteiger partial charge in [0, 0.05) is 6.54 Å². The van der Waals surface area contributed by atoms with Crippen LogP contribution in [0.3, 0.4) is 0 Å². The lowest BCUT2D eigenvalue weighted by atomic mass is 9.95. The van der Waals surface area contributed by atoms with Crippen LogP contribution < -0.4 is 0 Å². The molecule has 0 aliphatic carbocycles. The number of rotatable bonds is 3. The van der Waals surface area contributed by atoms with Gasteiger partial charge in [0.1, 0.15) is 6.04 Å². The molecule has 114 valence electrons. The van der Waals surface area contributed by atoms with Gasteiger partial charge in [0.25, 0.3) is 0 Å². The first-order valence-electron chi connectivity index (χ1n) is 6.90. The van der Waals surface area contributed by atoms with E-state index in [4.69, 9.17) is 23.2 Å². The number of carbonyl (C=O) groups excluding carboxylic acids is 1. The van der Waals surface area contributed by atoms with Crippen LogP contribution in [0.25, 0.3) is 0 Å². The lowest BCUT2D eigenvalue weighted by Gasteiger charge is -2.34. The molecule has 1 aromatic rings. The van der Waals surface area contributed by atoms with Crippen molar-refractivity contribution in [2.45, 2.75) is 38.1 Å². The third-order valence-electron chi connectivity index (χ3n) is 3.89. The molecule has 1 N–H and O–H groups in total. The summed E-state index contributed by atoms with van der Waals surface area (Å²) in [5.74, 6) is -1.57. The van der Waals surface area contributed by atoms with Gasteiger partial charge >= 0.3 is 5.97 Å². The van der Waals surface area contributed by atoms with Gasteiger partial charge < -0.3 is 10.0 Å².